The van der Waals surface area contributed by atoms with Crippen molar-refractivity contribution in [3.05, 3.63) is 18.2 Å². The van der Waals surface area contributed by atoms with Crippen molar-refractivity contribution in [2.45, 2.75) is 43.8 Å². The zero-order chi connectivity index (χ0) is 22.5. The van der Waals surface area contributed by atoms with Crippen LogP contribution in [0.3, 0.4) is 0 Å². The molecule has 3 unspecified atom stereocenters. The molecule has 0 aliphatic rings. The van der Waals surface area contributed by atoms with Gasteiger partial charge < -0.3 is 42.6 Å². The van der Waals surface area contributed by atoms with Crippen LogP contribution in [0.4, 0.5) is 0 Å². The standard InChI is InChI=1S/C17H29N7O6/c18-4-2-1-3-12(17(29)30)24-16(28)13(8-25)23-14(26)7-21-15(27)11(19)5-10-6-20-9-22-10/h6,9,11-13,25H,1-5,7-8,18-19H2,(H,20,22)(H,21,27)(H,23,26)(H,24,28)(H,29,30). The van der Waals surface area contributed by atoms with Gasteiger partial charge in [0, 0.05) is 18.3 Å². The molecule has 168 valence electrons. The first-order chi connectivity index (χ1) is 14.3. The Morgan fingerprint density at radius 3 is 2.43 bits per heavy atom. The lowest BCUT2D eigenvalue weighted by Crippen LogP contribution is -2.55. The molecule has 3 amide bonds. The van der Waals surface area contributed by atoms with Crippen molar-refractivity contribution in [3.63, 3.8) is 0 Å². The third-order valence-corrected chi connectivity index (χ3v) is 4.15. The fourth-order valence-electron chi connectivity index (χ4n) is 2.49. The number of hydrogen-bond acceptors (Lipinski definition) is 8. The molecule has 0 bridgehead atoms. The van der Waals surface area contributed by atoms with Crippen molar-refractivity contribution in [2.75, 3.05) is 19.7 Å². The van der Waals surface area contributed by atoms with Gasteiger partial charge in [-0.3, -0.25) is 14.4 Å². The normalized spacial score (nSPS) is 13.7. The lowest BCUT2D eigenvalue weighted by molar-refractivity contribution is -0.142. The average molecular weight is 427 g/mol. The summed E-state index contributed by atoms with van der Waals surface area (Å²) in [7, 11) is 0. The fraction of sp³-hybridized carbons (Fsp3) is 0.588. The van der Waals surface area contributed by atoms with E-state index in [0.717, 1.165) is 0 Å². The minimum atomic E-state index is -1.37. The average Bonchev–Trinajstić information content (AvgIpc) is 3.22. The van der Waals surface area contributed by atoms with E-state index in [-0.39, 0.29) is 12.8 Å². The van der Waals surface area contributed by atoms with Gasteiger partial charge in [0.25, 0.3) is 0 Å². The summed E-state index contributed by atoms with van der Waals surface area (Å²) in [6.45, 7) is -0.828. The number of imidazole rings is 1. The first-order valence-corrected chi connectivity index (χ1v) is 9.42. The van der Waals surface area contributed by atoms with Crippen LogP contribution in [0.15, 0.2) is 12.5 Å². The van der Waals surface area contributed by atoms with Gasteiger partial charge in [0.05, 0.1) is 25.5 Å². The van der Waals surface area contributed by atoms with Crippen LogP contribution in [-0.4, -0.2) is 81.7 Å². The molecule has 13 heteroatoms. The zero-order valence-electron chi connectivity index (χ0n) is 16.5. The molecule has 0 aliphatic heterocycles. The van der Waals surface area contributed by atoms with Gasteiger partial charge in [0.1, 0.15) is 12.1 Å². The summed E-state index contributed by atoms with van der Waals surface area (Å²) >= 11 is 0. The third-order valence-electron chi connectivity index (χ3n) is 4.15. The number of aromatic nitrogens is 2. The van der Waals surface area contributed by atoms with E-state index in [0.29, 0.717) is 25.1 Å². The summed E-state index contributed by atoms with van der Waals surface area (Å²) < 4.78 is 0. The van der Waals surface area contributed by atoms with Crippen molar-refractivity contribution in [3.8, 4) is 0 Å². The minimum absolute atomic E-state index is 0.161. The Morgan fingerprint density at radius 1 is 1.13 bits per heavy atom. The molecule has 1 heterocycles. The first kappa shape index (κ1) is 25.0. The zero-order valence-corrected chi connectivity index (χ0v) is 16.5. The number of aliphatic carboxylic acids is 1. The monoisotopic (exact) mass is 427 g/mol. The fourth-order valence-corrected chi connectivity index (χ4v) is 2.49. The molecule has 3 atom stereocenters. The van der Waals surface area contributed by atoms with Crippen LogP contribution in [0, 0.1) is 0 Å². The summed E-state index contributed by atoms with van der Waals surface area (Å²) in [5.74, 6) is -3.42. The molecule has 30 heavy (non-hydrogen) atoms. The molecule has 0 saturated carbocycles. The maximum Gasteiger partial charge on any atom is 0.326 e. The highest BCUT2D eigenvalue weighted by Gasteiger charge is 2.26. The van der Waals surface area contributed by atoms with E-state index in [4.69, 9.17) is 11.5 Å². The highest BCUT2D eigenvalue weighted by Crippen LogP contribution is 2.01. The first-order valence-electron chi connectivity index (χ1n) is 9.42. The minimum Gasteiger partial charge on any atom is -0.480 e. The molecule has 1 rings (SSSR count). The number of H-pyrrole nitrogens is 1. The molecule has 0 spiro atoms. The number of amides is 3. The molecule has 10 N–H and O–H groups in total. The maximum atomic E-state index is 12.2. The smallest absolute Gasteiger partial charge is 0.326 e. The number of aliphatic hydroxyl groups excluding tert-OH is 1. The van der Waals surface area contributed by atoms with E-state index < -0.39 is 55.0 Å². The van der Waals surface area contributed by atoms with Gasteiger partial charge in [-0.25, -0.2) is 9.78 Å². The van der Waals surface area contributed by atoms with E-state index in [1.54, 1.807) is 0 Å². The van der Waals surface area contributed by atoms with Crippen LogP contribution in [0.2, 0.25) is 0 Å². The van der Waals surface area contributed by atoms with E-state index in [1.807, 2.05) is 0 Å². The van der Waals surface area contributed by atoms with Crippen LogP contribution in [0.5, 0.6) is 0 Å². The van der Waals surface area contributed by atoms with Crippen LogP contribution in [0.25, 0.3) is 0 Å². The highest BCUT2D eigenvalue weighted by molar-refractivity contribution is 5.92. The summed E-state index contributed by atoms with van der Waals surface area (Å²) in [6.07, 6.45) is 4.41. The number of carbonyl (C=O) groups is 4. The number of carboxylic acid groups (broad SMARTS) is 1. The quantitative estimate of drug-likeness (QED) is 0.138. The topological polar surface area (TPSA) is 226 Å². The molecule has 1 aromatic rings. The van der Waals surface area contributed by atoms with Crippen molar-refractivity contribution in [1.29, 1.82) is 0 Å². The van der Waals surface area contributed by atoms with Gasteiger partial charge in [-0.2, -0.15) is 0 Å². The molecule has 13 nitrogen and oxygen atoms in total. The Bertz CT molecular complexity index is 697. The van der Waals surface area contributed by atoms with Gasteiger partial charge in [-0.05, 0) is 25.8 Å². The van der Waals surface area contributed by atoms with Gasteiger partial charge >= 0.3 is 5.97 Å². The lowest BCUT2D eigenvalue weighted by atomic mass is 10.1. The number of unbranched alkanes of at least 4 members (excludes halogenated alkanes) is 1. The number of aromatic amines is 1. The van der Waals surface area contributed by atoms with Crippen LogP contribution < -0.4 is 27.4 Å². The highest BCUT2D eigenvalue weighted by atomic mass is 16.4. The van der Waals surface area contributed by atoms with E-state index in [9.17, 15) is 29.4 Å². The Morgan fingerprint density at radius 2 is 1.87 bits per heavy atom. The van der Waals surface area contributed by atoms with Gasteiger partial charge in [0.15, 0.2) is 0 Å². The maximum absolute atomic E-state index is 12.2. The molecule has 0 radical (unpaired) electrons. The predicted octanol–water partition coefficient (Wildman–Crippen LogP) is -3.43. The van der Waals surface area contributed by atoms with Crippen molar-refractivity contribution < 1.29 is 29.4 Å². The largest absolute Gasteiger partial charge is 0.480 e. The number of carbonyl (C=O) groups excluding carboxylic acids is 3. The molecule has 1 aromatic heterocycles. The second kappa shape index (κ2) is 13.2. The Kier molecular flexibility index (Phi) is 11.0. The van der Waals surface area contributed by atoms with Gasteiger partial charge in [-0.15, -0.1) is 0 Å². The third kappa shape index (κ3) is 8.98. The molecule has 0 aromatic carbocycles. The molecular formula is C17H29N7O6. The number of nitrogens with two attached hydrogens (primary N) is 2. The summed E-state index contributed by atoms with van der Waals surface area (Å²) in [5, 5.41) is 25.4. The van der Waals surface area contributed by atoms with Crippen LogP contribution >= 0.6 is 0 Å². The number of aliphatic hydroxyl groups is 1. The molecule has 0 saturated heterocycles. The van der Waals surface area contributed by atoms with E-state index >= 15 is 0 Å². The Labute approximate surface area is 173 Å². The lowest BCUT2D eigenvalue weighted by Gasteiger charge is -2.20. The number of rotatable bonds is 14. The number of nitrogens with one attached hydrogen (secondary N) is 4. The number of carboxylic acids is 1. The summed E-state index contributed by atoms with van der Waals surface area (Å²) in [4.78, 5) is 54.0. The van der Waals surface area contributed by atoms with E-state index in [2.05, 4.69) is 25.9 Å². The van der Waals surface area contributed by atoms with Crippen molar-refractivity contribution in [2.24, 2.45) is 11.5 Å². The molecule has 0 fully saturated rings. The van der Waals surface area contributed by atoms with Gasteiger partial charge in [-0.1, -0.05) is 0 Å². The van der Waals surface area contributed by atoms with Crippen molar-refractivity contribution in [1.82, 2.24) is 25.9 Å². The Hall–Kier alpha value is -3.03. The molecular weight excluding hydrogens is 398 g/mol. The van der Waals surface area contributed by atoms with Crippen LogP contribution in [-0.2, 0) is 25.6 Å². The van der Waals surface area contributed by atoms with E-state index in [1.165, 1.54) is 12.5 Å². The summed E-state index contributed by atoms with van der Waals surface area (Å²) in [6, 6.07) is -3.46. The number of hydrogen-bond donors (Lipinski definition) is 8. The summed E-state index contributed by atoms with van der Waals surface area (Å²) in [5.41, 5.74) is 11.8. The molecule has 0 aliphatic carbocycles. The second-order valence-corrected chi connectivity index (χ2v) is 6.59. The van der Waals surface area contributed by atoms with Crippen LogP contribution in [0.1, 0.15) is 25.0 Å². The second-order valence-electron chi connectivity index (χ2n) is 6.59. The van der Waals surface area contributed by atoms with Crippen molar-refractivity contribution >= 4 is 23.7 Å². The predicted molar refractivity (Wildman–Crippen MR) is 105 cm³/mol. The SMILES string of the molecule is NCCCCC(NC(=O)C(CO)NC(=O)CNC(=O)C(N)Cc1cnc[nH]1)C(=O)O. The Balaban J connectivity index is 2.47. The van der Waals surface area contributed by atoms with Gasteiger partial charge in [0.2, 0.25) is 17.7 Å². The number of nitrogens with zero attached hydrogens (tertiary/aromatic N) is 1.